The lowest BCUT2D eigenvalue weighted by Crippen LogP contribution is -2.37. The third-order valence-electron chi connectivity index (χ3n) is 3.68. The fraction of sp³-hybridized carbons (Fsp3) is 0.333. The molecule has 0 unspecified atom stereocenters. The Morgan fingerprint density at radius 1 is 1.52 bits per heavy atom. The van der Waals surface area contributed by atoms with Gasteiger partial charge in [-0.15, -0.1) is 0 Å². The van der Waals surface area contributed by atoms with E-state index in [2.05, 4.69) is 4.98 Å². The Morgan fingerprint density at radius 2 is 2.33 bits per heavy atom. The zero-order valence-electron chi connectivity index (χ0n) is 11.7. The topological polar surface area (TPSA) is 68.5 Å². The SMILES string of the molecule is CCOC(=O)N1CCc2c(nc3ccc(Cl)cc3c2N)C1. The van der Waals surface area contributed by atoms with Crippen LogP contribution in [0.25, 0.3) is 10.9 Å². The van der Waals surface area contributed by atoms with Crippen LogP contribution in [0.1, 0.15) is 18.2 Å². The predicted molar refractivity (Wildman–Crippen MR) is 82.3 cm³/mol. The lowest BCUT2D eigenvalue weighted by Gasteiger charge is -2.28. The van der Waals surface area contributed by atoms with Crippen LogP contribution in [0.2, 0.25) is 5.02 Å². The number of nitrogens with zero attached hydrogens (tertiary/aromatic N) is 2. The van der Waals surface area contributed by atoms with Crippen LogP contribution < -0.4 is 5.73 Å². The highest BCUT2D eigenvalue weighted by molar-refractivity contribution is 6.31. The number of nitrogen functional groups attached to an aromatic ring is 1. The van der Waals surface area contributed by atoms with Gasteiger partial charge in [-0.3, -0.25) is 4.98 Å². The van der Waals surface area contributed by atoms with Gasteiger partial charge >= 0.3 is 6.09 Å². The molecule has 2 heterocycles. The van der Waals surface area contributed by atoms with Crippen LogP contribution >= 0.6 is 11.6 Å². The molecule has 1 aromatic carbocycles. The van der Waals surface area contributed by atoms with Gasteiger partial charge in [0, 0.05) is 28.2 Å². The lowest BCUT2D eigenvalue weighted by atomic mass is 10.00. The van der Waals surface area contributed by atoms with Gasteiger partial charge in [-0.2, -0.15) is 0 Å². The predicted octanol–water partition coefficient (Wildman–Crippen LogP) is 2.99. The van der Waals surface area contributed by atoms with E-state index in [1.165, 1.54) is 0 Å². The largest absolute Gasteiger partial charge is 0.450 e. The van der Waals surface area contributed by atoms with E-state index >= 15 is 0 Å². The van der Waals surface area contributed by atoms with Crippen molar-refractivity contribution in [2.24, 2.45) is 0 Å². The molecular formula is C15H16ClN3O2. The van der Waals surface area contributed by atoms with Crippen molar-refractivity contribution in [1.29, 1.82) is 0 Å². The van der Waals surface area contributed by atoms with Crippen molar-refractivity contribution in [3.8, 4) is 0 Å². The minimum atomic E-state index is -0.306. The molecule has 0 spiro atoms. The zero-order chi connectivity index (χ0) is 15.0. The first-order valence-corrected chi connectivity index (χ1v) is 7.26. The summed E-state index contributed by atoms with van der Waals surface area (Å²) in [6, 6.07) is 5.46. The van der Waals surface area contributed by atoms with Crippen LogP contribution in [-0.2, 0) is 17.7 Å². The molecule has 0 saturated carbocycles. The molecule has 0 radical (unpaired) electrons. The molecule has 3 rings (SSSR count). The first-order valence-electron chi connectivity index (χ1n) is 6.88. The number of aromatic nitrogens is 1. The van der Waals surface area contributed by atoms with Crippen molar-refractivity contribution >= 4 is 34.3 Å². The normalized spacial score (nSPS) is 14.1. The highest BCUT2D eigenvalue weighted by Gasteiger charge is 2.25. The van der Waals surface area contributed by atoms with Crippen LogP contribution in [0, 0.1) is 0 Å². The monoisotopic (exact) mass is 305 g/mol. The van der Waals surface area contributed by atoms with E-state index in [-0.39, 0.29) is 6.09 Å². The number of amides is 1. The minimum Gasteiger partial charge on any atom is -0.450 e. The van der Waals surface area contributed by atoms with Crippen molar-refractivity contribution in [1.82, 2.24) is 9.88 Å². The second-order valence-electron chi connectivity index (χ2n) is 4.98. The van der Waals surface area contributed by atoms with Crippen LogP contribution in [0.3, 0.4) is 0 Å². The lowest BCUT2D eigenvalue weighted by molar-refractivity contribution is 0.102. The molecule has 1 aromatic heterocycles. The number of carbonyl (C=O) groups excluding carboxylic acids is 1. The zero-order valence-corrected chi connectivity index (χ0v) is 12.5. The molecule has 6 heteroatoms. The first kappa shape index (κ1) is 13.9. The Labute approximate surface area is 127 Å². The van der Waals surface area contributed by atoms with Crippen LogP contribution in [0.4, 0.5) is 10.5 Å². The van der Waals surface area contributed by atoms with E-state index in [1.54, 1.807) is 17.9 Å². The number of rotatable bonds is 1. The van der Waals surface area contributed by atoms with Gasteiger partial charge in [0.25, 0.3) is 0 Å². The number of hydrogen-bond acceptors (Lipinski definition) is 4. The molecule has 2 aromatic rings. The molecule has 1 aliphatic rings. The summed E-state index contributed by atoms with van der Waals surface area (Å²) in [6.45, 7) is 3.18. The molecule has 0 aliphatic carbocycles. The standard InChI is InChI=1S/C15H16ClN3O2/c1-2-21-15(20)19-6-5-10-13(8-19)18-12-4-3-9(16)7-11(12)14(10)17/h3-4,7H,2,5-6,8H2,1H3,(H2,17,18). The van der Waals surface area contributed by atoms with E-state index in [4.69, 9.17) is 22.1 Å². The quantitative estimate of drug-likeness (QED) is 0.879. The second kappa shape index (κ2) is 5.41. The van der Waals surface area contributed by atoms with Gasteiger partial charge in [-0.05, 0) is 31.5 Å². The Balaban J connectivity index is 2.01. The van der Waals surface area contributed by atoms with Gasteiger partial charge in [0.05, 0.1) is 24.4 Å². The van der Waals surface area contributed by atoms with E-state index in [0.717, 1.165) is 22.2 Å². The Bertz CT molecular complexity index is 718. The third-order valence-corrected chi connectivity index (χ3v) is 3.91. The van der Waals surface area contributed by atoms with E-state index in [0.29, 0.717) is 36.8 Å². The molecule has 110 valence electrons. The number of nitrogens with two attached hydrogens (primary N) is 1. The molecular weight excluding hydrogens is 290 g/mol. The Hall–Kier alpha value is -2.01. The molecule has 5 nitrogen and oxygen atoms in total. The molecule has 0 saturated heterocycles. The van der Waals surface area contributed by atoms with Crippen LogP contribution in [0.15, 0.2) is 18.2 Å². The summed E-state index contributed by atoms with van der Waals surface area (Å²) < 4.78 is 5.04. The number of anilines is 1. The van der Waals surface area contributed by atoms with Crippen LogP contribution in [-0.4, -0.2) is 29.1 Å². The second-order valence-corrected chi connectivity index (χ2v) is 5.42. The molecule has 1 amide bonds. The fourth-order valence-corrected chi connectivity index (χ4v) is 2.81. The van der Waals surface area contributed by atoms with E-state index in [9.17, 15) is 4.79 Å². The molecule has 1 aliphatic heterocycles. The van der Waals surface area contributed by atoms with Gasteiger partial charge in [-0.25, -0.2) is 4.79 Å². The summed E-state index contributed by atoms with van der Waals surface area (Å²) in [6.07, 6.45) is 0.370. The van der Waals surface area contributed by atoms with Crippen molar-refractivity contribution in [3.63, 3.8) is 0 Å². The number of carbonyl (C=O) groups is 1. The third kappa shape index (κ3) is 2.49. The summed E-state index contributed by atoms with van der Waals surface area (Å²) in [4.78, 5) is 18.1. The van der Waals surface area contributed by atoms with Crippen molar-refractivity contribution in [2.45, 2.75) is 19.9 Å². The summed E-state index contributed by atoms with van der Waals surface area (Å²) in [7, 11) is 0. The molecule has 0 fully saturated rings. The van der Waals surface area contributed by atoms with Crippen molar-refractivity contribution in [2.75, 3.05) is 18.9 Å². The number of fused-ring (bicyclic) bond motifs is 2. The smallest absolute Gasteiger partial charge is 0.410 e. The van der Waals surface area contributed by atoms with E-state index < -0.39 is 0 Å². The number of halogens is 1. The first-order chi connectivity index (χ1) is 10.1. The Kier molecular flexibility index (Phi) is 3.59. The summed E-state index contributed by atoms with van der Waals surface area (Å²) in [5, 5.41) is 1.51. The van der Waals surface area contributed by atoms with Crippen LogP contribution in [0.5, 0.6) is 0 Å². The average Bonchev–Trinajstić information content (AvgIpc) is 2.48. The maximum absolute atomic E-state index is 11.8. The van der Waals surface area contributed by atoms with E-state index in [1.807, 2.05) is 12.1 Å². The molecule has 0 bridgehead atoms. The van der Waals surface area contributed by atoms with Gasteiger partial charge in [0.1, 0.15) is 0 Å². The van der Waals surface area contributed by atoms with Gasteiger partial charge < -0.3 is 15.4 Å². The maximum atomic E-state index is 11.8. The summed E-state index contributed by atoms with van der Waals surface area (Å²) >= 11 is 6.02. The average molecular weight is 306 g/mol. The van der Waals surface area contributed by atoms with Gasteiger partial charge in [0.15, 0.2) is 0 Å². The summed E-state index contributed by atoms with van der Waals surface area (Å²) in [5.41, 5.74) is 9.60. The van der Waals surface area contributed by atoms with Gasteiger partial charge in [0.2, 0.25) is 0 Å². The number of hydrogen-bond donors (Lipinski definition) is 1. The van der Waals surface area contributed by atoms with Crippen molar-refractivity contribution < 1.29 is 9.53 Å². The summed E-state index contributed by atoms with van der Waals surface area (Å²) in [5.74, 6) is 0. The molecule has 21 heavy (non-hydrogen) atoms. The Morgan fingerprint density at radius 3 is 3.10 bits per heavy atom. The highest BCUT2D eigenvalue weighted by atomic mass is 35.5. The van der Waals surface area contributed by atoms with Crippen molar-refractivity contribution in [3.05, 3.63) is 34.5 Å². The maximum Gasteiger partial charge on any atom is 0.410 e. The molecule has 2 N–H and O–H groups in total. The highest BCUT2D eigenvalue weighted by Crippen LogP contribution is 2.31. The number of benzene rings is 1. The number of pyridine rings is 1. The molecule has 0 atom stereocenters. The minimum absolute atomic E-state index is 0.306. The number of ether oxygens (including phenoxy) is 1. The van der Waals surface area contributed by atoms with Gasteiger partial charge in [-0.1, -0.05) is 11.6 Å². The fourth-order valence-electron chi connectivity index (χ4n) is 2.64.